The van der Waals surface area contributed by atoms with Gasteiger partial charge < -0.3 is 25.0 Å². The number of ether oxygens (including phenoxy) is 1. The molecule has 39 heavy (non-hydrogen) atoms. The van der Waals surface area contributed by atoms with Crippen LogP contribution in [0, 0.1) is 29.6 Å². The molecule has 3 N–H and O–H groups in total. The summed E-state index contributed by atoms with van der Waals surface area (Å²) in [6.07, 6.45) is 7.80. The summed E-state index contributed by atoms with van der Waals surface area (Å²) in [6, 6.07) is 7.23. The Hall–Kier alpha value is -2.96. The van der Waals surface area contributed by atoms with E-state index in [0.29, 0.717) is 48.0 Å². The molecule has 0 radical (unpaired) electrons. The molecule has 1 amide bonds. The first kappa shape index (κ1) is 29.0. The molecule has 210 valence electrons. The summed E-state index contributed by atoms with van der Waals surface area (Å²) >= 11 is 1.68. The molecule has 0 saturated heterocycles. The fourth-order valence-corrected chi connectivity index (χ4v) is 4.97. The summed E-state index contributed by atoms with van der Waals surface area (Å²) < 4.78 is 7.99. The maximum Gasteiger partial charge on any atom is 0.251 e. The summed E-state index contributed by atoms with van der Waals surface area (Å²) in [7, 11) is 1.99. The number of anilines is 2. The van der Waals surface area contributed by atoms with Gasteiger partial charge in [-0.25, -0.2) is 4.98 Å². The third-order valence-corrected chi connectivity index (χ3v) is 7.70. The van der Waals surface area contributed by atoms with E-state index in [4.69, 9.17) is 9.72 Å². The lowest BCUT2D eigenvalue weighted by molar-refractivity contribution is 0.0918. The van der Waals surface area contributed by atoms with Crippen LogP contribution in [0.3, 0.4) is 0 Å². The number of amides is 1. The predicted octanol–water partition coefficient (Wildman–Crippen LogP) is 4.61. The van der Waals surface area contributed by atoms with Crippen LogP contribution in [-0.2, 0) is 0 Å². The Labute approximate surface area is 237 Å². The minimum atomic E-state index is -0.190. The van der Waals surface area contributed by atoms with Gasteiger partial charge in [-0.15, -0.1) is 0 Å². The first-order valence-corrected chi connectivity index (χ1v) is 14.9. The van der Waals surface area contributed by atoms with E-state index in [1.807, 2.05) is 35.6 Å². The van der Waals surface area contributed by atoms with Crippen LogP contribution in [-0.4, -0.2) is 60.5 Å². The first-order chi connectivity index (χ1) is 18.9. The van der Waals surface area contributed by atoms with Gasteiger partial charge in [0.05, 0.1) is 18.8 Å². The number of aromatic nitrogens is 2. The van der Waals surface area contributed by atoms with Crippen molar-refractivity contribution in [3.05, 3.63) is 42.2 Å². The number of nitrogens with zero attached hydrogens (tertiary/aromatic N) is 3. The van der Waals surface area contributed by atoms with Gasteiger partial charge in [0.15, 0.2) is 0 Å². The summed E-state index contributed by atoms with van der Waals surface area (Å²) in [4.78, 5) is 22.5. The van der Waals surface area contributed by atoms with Gasteiger partial charge in [0.2, 0.25) is 0 Å². The third kappa shape index (κ3) is 10.3. The van der Waals surface area contributed by atoms with Gasteiger partial charge in [-0.3, -0.25) is 9.78 Å². The van der Waals surface area contributed by atoms with Crippen LogP contribution in [0.2, 0.25) is 0 Å². The summed E-state index contributed by atoms with van der Waals surface area (Å²) in [5, 5.41) is 10.4. The average molecular weight is 551 g/mol. The minimum Gasteiger partial charge on any atom is -0.490 e. The quantitative estimate of drug-likeness (QED) is 0.168. The normalized spacial score (nSPS) is 18.6. The predicted molar refractivity (Wildman–Crippen MR) is 160 cm³/mol. The van der Waals surface area contributed by atoms with Gasteiger partial charge in [0, 0.05) is 36.5 Å². The third-order valence-electron chi connectivity index (χ3n) is 6.77. The molecule has 0 aliphatic heterocycles. The molecule has 0 aromatic carbocycles. The molecule has 8 nitrogen and oxygen atoms in total. The van der Waals surface area contributed by atoms with Crippen molar-refractivity contribution in [2.45, 2.75) is 57.7 Å². The molecule has 2 aliphatic rings. The van der Waals surface area contributed by atoms with Crippen molar-refractivity contribution in [2.24, 2.45) is 17.8 Å². The number of hydrogen-bond acceptors (Lipinski definition) is 8. The van der Waals surface area contributed by atoms with Gasteiger partial charge in [-0.1, -0.05) is 32.6 Å². The number of carbonyl (C=O) groups is 1. The monoisotopic (exact) mass is 550 g/mol. The second-order valence-electron chi connectivity index (χ2n) is 10.8. The highest BCUT2D eigenvalue weighted by atomic mass is 32.2. The Balaban J connectivity index is 1.42. The molecule has 0 bridgehead atoms. The van der Waals surface area contributed by atoms with E-state index in [2.05, 4.69) is 53.5 Å². The minimum absolute atomic E-state index is 0.141. The topological polar surface area (TPSA) is 91.4 Å². The van der Waals surface area contributed by atoms with Crippen LogP contribution in [0.5, 0.6) is 5.75 Å². The number of carbonyl (C=O) groups excluding carboxylic acids is 1. The van der Waals surface area contributed by atoms with Crippen molar-refractivity contribution in [1.82, 2.24) is 20.6 Å². The Morgan fingerprint density at radius 3 is 2.82 bits per heavy atom. The van der Waals surface area contributed by atoms with Crippen molar-refractivity contribution in [2.75, 3.05) is 42.9 Å². The van der Waals surface area contributed by atoms with Crippen molar-refractivity contribution in [3.8, 4) is 17.6 Å². The van der Waals surface area contributed by atoms with Crippen LogP contribution in [0.15, 0.2) is 36.7 Å². The maximum absolute atomic E-state index is 13.5. The molecular weight excluding hydrogens is 508 g/mol. The molecule has 4 rings (SSSR count). The summed E-state index contributed by atoms with van der Waals surface area (Å²) in [5.41, 5.74) is 0.581. The van der Waals surface area contributed by atoms with Crippen molar-refractivity contribution in [3.63, 3.8) is 0 Å². The zero-order chi connectivity index (χ0) is 27.6. The molecule has 2 aromatic heterocycles. The van der Waals surface area contributed by atoms with Crippen LogP contribution in [0.4, 0.5) is 11.6 Å². The van der Waals surface area contributed by atoms with Crippen LogP contribution in [0.1, 0.15) is 56.8 Å². The van der Waals surface area contributed by atoms with E-state index in [-0.39, 0.29) is 11.9 Å². The average Bonchev–Trinajstić information content (AvgIpc) is 3.86. The zero-order valence-electron chi connectivity index (χ0n) is 23.6. The van der Waals surface area contributed by atoms with Crippen molar-refractivity contribution >= 4 is 29.5 Å². The fourth-order valence-electron chi connectivity index (χ4n) is 4.13. The van der Waals surface area contributed by atoms with Gasteiger partial charge >= 0.3 is 0 Å². The van der Waals surface area contributed by atoms with Gasteiger partial charge in [0.1, 0.15) is 24.0 Å². The van der Waals surface area contributed by atoms with Gasteiger partial charge in [-0.05, 0) is 80.3 Å². The van der Waals surface area contributed by atoms with E-state index in [1.54, 1.807) is 24.3 Å². The summed E-state index contributed by atoms with van der Waals surface area (Å²) in [5.74, 6) is 10.5. The molecule has 2 heterocycles. The highest BCUT2D eigenvalue weighted by Crippen LogP contribution is 2.37. The fraction of sp³-hybridized carbons (Fsp3) is 0.567. The zero-order valence-corrected chi connectivity index (χ0v) is 24.4. The van der Waals surface area contributed by atoms with E-state index in [1.165, 1.54) is 19.3 Å². The summed E-state index contributed by atoms with van der Waals surface area (Å²) in [6.45, 7) is 9.15. The molecule has 2 aromatic rings. The van der Waals surface area contributed by atoms with Crippen molar-refractivity contribution < 1.29 is 9.53 Å². The maximum atomic E-state index is 13.5. The van der Waals surface area contributed by atoms with E-state index in [9.17, 15) is 4.79 Å². The lowest BCUT2D eigenvalue weighted by Crippen LogP contribution is -2.41. The second kappa shape index (κ2) is 14.4. The number of rotatable bonds is 15. The Kier molecular flexibility index (Phi) is 10.7. The lowest BCUT2D eigenvalue weighted by Gasteiger charge is -2.22. The highest BCUT2D eigenvalue weighted by Gasteiger charge is 2.32. The molecule has 2 saturated carbocycles. The smallest absolute Gasteiger partial charge is 0.251 e. The molecule has 2 aliphatic carbocycles. The van der Waals surface area contributed by atoms with Crippen molar-refractivity contribution in [1.29, 1.82) is 0 Å². The Morgan fingerprint density at radius 1 is 1.31 bits per heavy atom. The largest absolute Gasteiger partial charge is 0.490 e. The number of pyridine rings is 2. The molecule has 2 fully saturated rings. The SMILES string of the molecule is CC(C)SN(C)c1cc(C(=O)N[C@H](CCNCC#CC2CC2)COc2cccnc2)cc(NC[C@H]2C[C@@H]2C)n1. The Morgan fingerprint density at radius 2 is 2.13 bits per heavy atom. The van der Waals surface area contributed by atoms with Gasteiger partial charge in [0.25, 0.3) is 5.91 Å². The van der Waals surface area contributed by atoms with Gasteiger partial charge in [-0.2, -0.15) is 0 Å². The second-order valence-corrected chi connectivity index (χ2v) is 12.5. The Bertz CT molecular complexity index is 1130. The standard InChI is InChI=1S/C30H42N6O2S/c1-21(2)39-36(4)29-17-24(16-28(35-29)33-18-25-15-22(25)3)30(37)34-26(20-38-27-8-6-13-32-19-27)11-14-31-12-5-7-23-9-10-23/h6,8,13,16-17,19,21-23,25-26,31H,9-12,14-15,18,20H2,1-4H3,(H,33,35)(H,34,37)/t22-,25+,26+/m0/s1. The highest BCUT2D eigenvalue weighted by molar-refractivity contribution is 8.01. The van der Waals surface area contributed by atoms with Crippen LogP contribution >= 0.6 is 11.9 Å². The first-order valence-electron chi connectivity index (χ1n) is 14.1. The van der Waals surface area contributed by atoms with E-state index >= 15 is 0 Å². The lowest BCUT2D eigenvalue weighted by atomic mass is 10.1. The number of nitrogens with one attached hydrogen (secondary N) is 3. The van der Waals surface area contributed by atoms with Crippen LogP contribution < -0.4 is 25.0 Å². The number of hydrogen-bond donors (Lipinski definition) is 3. The molecule has 9 heteroatoms. The van der Waals surface area contributed by atoms with Crippen LogP contribution in [0.25, 0.3) is 0 Å². The molecule has 0 spiro atoms. The molecular formula is C30H42N6O2S. The molecule has 3 atom stereocenters. The van der Waals surface area contributed by atoms with E-state index < -0.39 is 0 Å². The molecule has 0 unspecified atom stereocenters. The van der Waals surface area contributed by atoms with E-state index in [0.717, 1.165) is 30.6 Å².